The molecule has 0 unspecified atom stereocenters. The molecule has 0 aliphatic carbocycles. The first kappa shape index (κ1) is 19.1. The monoisotopic (exact) mass is 400 g/mol. The quantitative estimate of drug-likeness (QED) is 0.562. The van der Waals surface area contributed by atoms with E-state index in [1.807, 2.05) is 29.6 Å². The second-order valence-corrected chi connectivity index (χ2v) is 7.04. The highest BCUT2D eigenvalue weighted by molar-refractivity contribution is 7.14. The maximum Gasteiger partial charge on any atom is 0.226 e. The molecular formula is C20H17ClN2O3S. The first-order valence-electron chi connectivity index (χ1n) is 8.24. The number of carbonyl (C=O) groups excluding carboxylic acids is 2. The number of nitrogens with one attached hydrogen (secondary N) is 1. The molecule has 1 amide bonds. The number of aromatic nitrogens is 1. The predicted octanol–water partition coefficient (Wildman–Crippen LogP) is 5.07. The first-order valence-corrected chi connectivity index (χ1v) is 9.49. The van der Waals surface area contributed by atoms with Crippen molar-refractivity contribution in [3.63, 3.8) is 0 Å². The molecule has 3 rings (SSSR count). The molecule has 0 saturated carbocycles. The standard InChI is InChI=1S/C20H17ClN2O3S/c1-26-16-8-4-13(5-9-16)17-12-27-20(22-17)23-19(25)11-10-18(24)14-2-6-15(21)7-3-14/h2-9,12H,10-11H2,1H3,(H,22,23,25). The summed E-state index contributed by atoms with van der Waals surface area (Å²) in [5.41, 5.74) is 2.25. The van der Waals surface area contributed by atoms with Crippen molar-refractivity contribution in [3.05, 3.63) is 64.5 Å². The zero-order chi connectivity index (χ0) is 19.2. The molecule has 0 fully saturated rings. The van der Waals surface area contributed by atoms with Crippen LogP contribution >= 0.6 is 22.9 Å². The average Bonchev–Trinajstić information content (AvgIpc) is 3.15. The zero-order valence-electron chi connectivity index (χ0n) is 14.6. The van der Waals surface area contributed by atoms with Crippen molar-refractivity contribution in [2.24, 2.45) is 0 Å². The zero-order valence-corrected chi connectivity index (χ0v) is 16.1. The van der Waals surface area contributed by atoms with Gasteiger partial charge in [0.15, 0.2) is 10.9 Å². The van der Waals surface area contributed by atoms with Crippen LogP contribution in [0.2, 0.25) is 5.02 Å². The van der Waals surface area contributed by atoms with Crippen LogP contribution in [0.4, 0.5) is 5.13 Å². The Hall–Kier alpha value is -2.70. The average molecular weight is 401 g/mol. The largest absolute Gasteiger partial charge is 0.497 e. The Kier molecular flexibility index (Phi) is 6.21. The number of anilines is 1. The van der Waals surface area contributed by atoms with Gasteiger partial charge in [-0.25, -0.2) is 4.98 Å². The molecule has 2 aromatic carbocycles. The number of rotatable bonds is 7. The van der Waals surface area contributed by atoms with E-state index in [9.17, 15) is 9.59 Å². The summed E-state index contributed by atoms with van der Waals surface area (Å²) in [4.78, 5) is 28.6. The van der Waals surface area contributed by atoms with Gasteiger partial charge in [0.1, 0.15) is 5.75 Å². The van der Waals surface area contributed by atoms with Crippen LogP contribution in [0.1, 0.15) is 23.2 Å². The Morgan fingerprint density at radius 3 is 2.44 bits per heavy atom. The number of methoxy groups -OCH3 is 1. The Bertz CT molecular complexity index is 937. The summed E-state index contributed by atoms with van der Waals surface area (Å²) in [5, 5.41) is 5.69. The molecule has 0 saturated heterocycles. The van der Waals surface area contributed by atoms with Gasteiger partial charge in [-0.1, -0.05) is 11.6 Å². The molecule has 0 spiro atoms. The molecule has 3 aromatic rings. The highest BCUT2D eigenvalue weighted by Gasteiger charge is 2.12. The molecule has 0 bridgehead atoms. The van der Waals surface area contributed by atoms with Crippen LogP contribution in [0.15, 0.2) is 53.9 Å². The minimum Gasteiger partial charge on any atom is -0.497 e. The summed E-state index contributed by atoms with van der Waals surface area (Å²) >= 11 is 7.15. The summed E-state index contributed by atoms with van der Waals surface area (Å²) < 4.78 is 5.14. The van der Waals surface area contributed by atoms with E-state index in [0.29, 0.717) is 15.7 Å². The number of thiazole rings is 1. The fourth-order valence-electron chi connectivity index (χ4n) is 2.41. The summed E-state index contributed by atoms with van der Waals surface area (Å²) in [5.74, 6) is 0.431. The SMILES string of the molecule is COc1ccc(-c2csc(NC(=O)CCC(=O)c3ccc(Cl)cc3)n2)cc1. The molecule has 0 radical (unpaired) electrons. The topological polar surface area (TPSA) is 68.3 Å². The van der Waals surface area contributed by atoms with E-state index >= 15 is 0 Å². The van der Waals surface area contributed by atoms with Gasteiger partial charge < -0.3 is 10.1 Å². The highest BCUT2D eigenvalue weighted by Crippen LogP contribution is 2.26. The van der Waals surface area contributed by atoms with Gasteiger partial charge in [-0.05, 0) is 48.5 Å². The van der Waals surface area contributed by atoms with Gasteiger partial charge in [0.25, 0.3) is 0 Å². The van der Waals surface area contributed by atoms with E-state index in [4.69, 9.17) is 16.3 Å². The Morgan fingerprint density at radius 2 is 1.78 bits per heavy atom. The number of ketones is 1. The van der Waals surface area contributed by atoms with Crippen molar-refractivity contribution in [1.82, 2.24) is 4.98 Å². The lowest BCUT2D eigenvalue weighted by Gasteiger charge is -2.03. The maximum absolute atomic E-state index is 12.1. The maximum atomic E-state index is 12.1. The lowest BCUT2D eigenvalue weighted by atomic mass is 10.1. The van der Waals surface area contributed by atoms with Gasteiger partial charge in [0, 0.05) is 34.4 Å². The van der Waals surface area contributed by atoms with Crippen molar-refractivity contribution in [2.45, 2.75) is 12.8 Å². The molecule has 138 valence electrons. The molecule has 0 aliphatic rings. The van der Waals surface area contributed by atoms with Crippen LogP contribution in [0.3, 0.4) is 0 Å². The number of carbonyl (C=O) groups is 2. The number of nitrogens with zero attached hydrogens (tertiary/aromatic N) is 1. The number of halogens is 1. The second-order valence-electron chi connectivity index (χ2n) is 5.74. The minimum absolute atomic E-state index is 0.0961. The van der Waals surface area contributed by atoms with Crippen LogP contribution in [0, 0.1) is 0 Å². The summed E-state index contributed by atoms with van der Waals surface area (Å²) in [6, 6.07) is 14.2. The van der Waals surface area contributed by atoms with E-state index in [2.05, 4.69) is 10.3 Å². The first-order chi connectivity index (χ1) is 13.0. The summed E-state index contributed by atoms with van der Waals surface area (Å²) in [7, 11) is 1.61. The van der Waals surface area contributed by atoms with Crippen LogP contribution in [-0.2, 0) is 4.79 Å². The molecule has 1 N–H and O–H groups in total. The minimum atomic E-state index is -0.243. The summed E-state index contributed by atoms with van der Waals surface area (Å²) in [6.07, 6.45) is 0.225. The Morgan fingerprint density at radius 1 is 1.07 bits per heavy atom. The van der Waals surface area contributed by atoms with E-state index in [1.54, 1.807) is 31.4 Å². The molecule has 0 atom stereocenters. The van der Waals surface area contributed by atoms with Gasteiger partial charge in [0.2, 0.25) is 5.91 Å². The fourth-order valence-corrected chi connectivity index (χ4v) is 3.28. The predicted molar refractivity (Wildman–Crippen MR) is 108 cm³/mol. The van der Waals surface area contributed by atoms with E-state index in [-0.39, 0.29) is 24.5 Å². The molecule has 27 heavy (non-hydrogen) atoms. The van der Waals surface area contributed by atoms with Crippen molar-refractivity contribution >= 4 is 39.8 Å². The van der Waals surface area contributed by atoms with Gasteiger partial charge in [0.05, 0.1) is 12.8 Å². The second kappa shape index (κ2) is 8.79. The molecule has 5 nitrogen and oxygen atoms in total. The van der Waals surface area contributed by atoms with Crippen molar-refractivity contribution in [2.75, 3.05) is 12.4 Å². The van der Waals surface area contributed by atoms with E-state index in [0.717, 1.165) is 17.0 Å². The molecule has 1 heterocycles. The third-order valence-electron chi connectivity index (χ3n) is 3.88. The fraction of sp³-hybridized carbons (Fsp3) is 0.150. The van der Waals surface area contributed by atoms with Gasteiger partial charge in [-0.3, -0.25) is 9.59 Å². The van der Waals surface area contributed by atoms with Crippen LogP contribution in [-0.4, -0.2) is 23.8 Å². The van der Waals surface area contributed by atoms with Crippen LogP contribution in [0.25, 0.3) is 11.3 Å². The number of benzene rings is 2. The number of Topliss-reactive ketones (excluding diaryl/α,β-unsaturated/α-hetero) is 1. The van der Waals surface area contributed by atoms with E-state index < -0.39 is 0 Å². The number of hydrogen-bond acceptors (Lipinski definition) is 5. The van der Waals surface area contributed by atoms with Crippen molar-refractivity contribution in [1.29, 1.82) is 0 Å². The highest BCUT2D eigenvalue weighted by atomic mass is 35.5. The van der Waals surface area contributed by atoms with Gasteiger partial charge in [-0.15, -0.1) is 11.3 Å². The van der Waals surface area contributed by atoms with Gasteiger partial charge >= 0.3 is 0 Å². The smallest absolute Gasteiger partial charge is 0.226 e. The van der Waals surface area contributed by atoms with Crippen LogP contribution in [0.5, 0.6) is 5.75 Å². The third-order valence-corrected chi connectivity index (χ3v) is 4.89. The number of hydrogen-bond donors (Lipinski definition) is 1. The van der Waals surface area contributed by atoms with Gasteiger partial charge in [-0.2, -0.15) is 0 Å². The summed E-state index contributed by atoms with van der Waals surface area (Å²) in [6.45, 7) is 0. The Balaban J connectivity index is 1.54. The number of ether oxygens (including phenoxy) is 1. The van der Waals surface area contributed by atoms with Crippen molar-refractivity contribution in [3.8, 4) is 17.0 Å². The molecule has 0 aliphatic heterocycles. The number of amides is 1. The van der Waals surface area contributed by atoms with Crippen molar-refractivity contribution < 1.29 is 14.3 Å². The molecule has 1 aromatic heterocycles. The lowest BCUT2D eigenvalue weighted by Crippen LogP contribution is -2.13. The normalized spacial score (nSPS) is 10.4. The Labute approximate surface area is 166 Å². The lowest BCUT2D eigenvalue weighted by molar-refractivity contribution is -0.116. The molecular weight excluding hydrogens is 384 g/mol. The third kappa shape index (κ3) is 5.15. The van der Waals surface area contributed by atoms with Crippen LogP contribution < -0.4 is 10.1 Å². The van der Waals surface area contributed by atoms with E-state index in [1.165, 1.54) is 11.3 Å². The molecule has 7 heteroatoms.